The molecular formula is C14H13ClN4. The second-order valence-electron chi connectivity index (χ2n) is 4.40. The predicted octanol–water partition coefficient (Wildman–Crippen LogP) is 2.67. The van der Waals surface area contributed by atoms with E-state index in [4.69, 9.17) is 17.3 Å². The van der Waals surface area contributed by atoms with Crippen LogP contribution in [0.2, 0.25) is 5.02 Å². The van der Waals surface area contributed by atoms with Crippen LogP contribution in [0.25, 0.3) is 10.9 Å². The molecule has 3 aromatic rings. The van der Waals surface area contributed by atoms with Crippen molar-refractivity contribution in [2.45, 2.75) is 6.04 Å². The number of nitrogens with zero attached hydrogens (tertiary/aromatic N) is 3. The number of aryl methyl sites for hydroxylation is 1. The summed E-state index contributed by atoms with van der Waals surface area (Å²) in [6.07, 6.45) is 3.38. The summed E-state index contributed by atoms with van der Waals surface area (Å²) < 4.78 is 1.71. The molecule has 0 saturated heterocycles. The first-order valence-corrected chi connectivity index (χ1v) is 6.33. The Morgan fingerprint density at radius 3 is 2.84 bits per heavy atom. The van der Waals surface area contributed by atoms with E-state index in [0.717, 1.165) is 22.2 Å². The maximum Gasteiger partial charge on any atom is 0.0837 e. The van der Waals surface area contributed by atoms with Crippen molar-refractivity contribution in [1.82, 2.24) is 14.8 Å². The summed E-state index contributed by atoms with van der Waals surface area (Å²) in [6, 6.07) is 9.52. The lowest BCUT2D eigenvalue weighted by Gasteiger charge is -2.15. The van der Waals surface area contributed by atoms with Gasteiger partial charge in [0.05, 0.1) is 28.5 Å². The molecule has 96 valence electrons. The molecule has 1 aromatic carbocycles. The molecule has 1 unspecified atom stereocenters. The Morgan fingerprint density at radius 2 is 2.11 bits per heavy atom. The predicted molar refractivity (Wildman–Crippen MR) is 76.0 cm³/mol. The molecule has 0 aliphatic rings. The SMILES string of the molecule is Cn1ncc(Cl)c1C(N)c1cccc2ncccc12. The number of pyridine rings is 1. The molecule has 0 aliphatic heterocycles. The molecule has 19 heavy (non-hydrogen) atoms. The third kappa shape index (κ3) is 1.99. The molecule has 0 fully saturated rings. The van der Waals surface area contributed by atoms with Gasteiger partial charge in [-0.05, 0) is 17.7 Å². The van der Waals surface area contributed by atoms with Crippen LogP contribution in [0.4, 0.5) is 0 Å². The van der Waals surface area contributed by atoms with Gasteiger partial charge in [0.1, 0.15) is 0 Å². The number of hydrogen-bond acceptors (Lipinski definition) is 3. The van der Waals surface area contributed by atoms with E-state index in [9.17, 15) is 0 Å². The fourth-order valence-electron chi connectivity index (χ4n) is 2.32. The van der Waals surface area contributed by atoms with E-state index in [1.165, 1.54) is 0 Å². The molecule has 0 bridgehead atoms. The highest BCUT2D eigenvalue weighted by Crippen LogP contribution is 2.29. The minimum Gasteiger partial charge on any atom is -0.319 e. The Bertz CT molecular complexity index is 710. The van der Waals surface area contributed by atoms with E-state index < -0.39 is 0 Å². The summed E-state index contributed by atoms with van der Waals surface area (Å²) in [5.74, 6) is 0. The normalized spacial score (nSPS) is 12.8. The molecule has 0 amide bonds. The number of rotatable bonds is 2. The van der Waals surface area contributed by atoms with Gasteiger partial charge in [-0.15, -0.1) is 0 Å². The molecule has 3 rings (SSSR count). The molecule has 2 aromatic heterocycles. The molecule has 0 saturated carbocycles. The van der Waals surface area contributed by atoms with Crippen LogP contribution in [-0.2, 0) is 7.05 Å². The third-order valence-electron chi connectivity index (χ3n) is 3.25. The van der Waals surface area contributed by atoms with Crippen molar-refractivity contribution in [3.05, 3.63) is 59.0 Å². The number of hydrogen-bond donors (Lipinski definition) is 1. The fourth-order valence-corrected chi connectivity index (χ4v) is 2.60. The zero-order valence-electron chi connectivity index (χ0n) is 10.4. The van der Waals surface area contributed by atoms with Crippen molar-refractivity contribution in [2.24, 2.45) is 12.8 Å². The van der Waals surface area contributed by atoms with Crippen LogP contribution in [0.5, 0.6) is 0 Å². The Kier molecular flexibility index (Phi) is 2.97. The van der Waals surface area contributed by atoms with E-state index in [1.807, 2.05) is 37.4 Å². The van der Waals surface area contributed by atoms with Crippen LogP contribution in [0, 0.1) is 0 Å². The van der Waals surface area contributed by atoms with Crippen molar-refractivity contribution in [1.29, 1.82) is 0 Å². The molecule has 0 aliphatic carbocycles. The Balaban J connectivity index is 2.20. The average Bonchev–Trinajstić information content (AvgIpc) is 2.77. The van der Waals surface area contributed by atoms with Gasteiger partial charge in [-0.25, -0.2) is 0 Å². The van der Waals surface area contributed by atoms with Crippen LogP contribution in [0.1, 0.15) is 17.3 Å². The van der Waals surface area contributed by atoms with Crippen molar-refractivity contribution in [3.63, 3.8) is 0 Å². The molecule has 5 heteroatoms. The lowest BCUT2D eigenvalue weighted by molar-refractivity contribution is 0.675. The van der Waals surface area contributed by atoms with E-state index >= 15 is 0 Å². The summed E-state index contributed by atoms with van der Waals surface area (Å²) in [6.45, 7) is 0. The zero-order chi connectivity index (χ0) is 13.4. The number of benzene rings is 1. The Hall–Kier alpha value is -1.91. The largest absolute Gasteiger partial charge is 0.319 e. The maximum atomic E-state index is 6.36. The standard InChI is InChI=1S/C14H13ClN4/c1-19-14(11(15)8-18-19)13(16)10-4-2-6-12-9(10)5-3-7-17-12/h2-8,13H,16H2,1H3. The summed E-state index contributed by atoms with van der Waals surface area (Å²) in [5.41, 5.74) is 9.08. The van der Waals surface area contributed by atoms with Crippen molar-refractivity contribution < 1.29 is 0 Å². The van der Waals surface area contributed by atoms with Crippen LogP contribution in [0.15, 0.2) is 42.7 Å². The summed E-state index contributed by atoms with van der Waals surface area (Å²) in [7, 11) is 1.84. The minimum atomic E-state index is -0.326. The van der Waals surface area contributed by atoms with Crippen molar-refractivity contribution in [3.8, 4) is 0 Å². The van der Waals surface area contributed by atoms with Crippen molar-refractivity contribution in [2.75, 3.05) is 0 Å². The molecule has 0 spiro atoms. The monoisotopic (exact) mass is 272 g/mol. The quantitative estimate of drug-likeness (QED) is 0.780. The summed E-state index contributed by atoms with van der Waals surface area (Å²) in [4.78, 5) is 4.34. The molecule has 4 nitrogen and oxygen atoms in total. The van der Waals surface area contributed by atoms with Gasteiger partial charge in [-0.1, -0.05) is 29.8 Å². The molecule has 2 heterocycles. The third-order valence-corrected chi connectivity index (χ3v) is 3.54. The lowest BCUT2D eigenvalue weighted by atomic mass is 9.99. The molecule has 0 radical (unpaired) electrons. The fraction of sp³-hybridized carbons (Fsp3) is 0.143. The first kappa shape index (κ1) is 12.1. The highest BCUT2D eigenvalue weighted by atomic mass is 35.5. The minimum absolute atomic E-state index is 0.326. The van der Waals surface area contributed by atoms with Crippen LogP contribution in [-0.4, -0.2) is 14.8 Å². The second kappa shape index (κ2) is 4.64. The number of fused-ring (bicyclic) bond motifs is 1. The van der Waals surface area contributed by atoms with Gasteiger partial charge >= 0.3 is 0 Å². The van der Waals surface area contributed by atoms with Gasteiger partial charge in [-0.3, -0.25) is 9.67 Å². The van der Waals surface area contributed by atoms with Crippen LogP contribution >= 0.6 is 11.6 Å². The zero-order valence-corrected chi connectivity index (χ0v) is 11.2. The highest BCUT2D eigenvalue weighted by Gasteiger charge is 2.18. The van der Waals surface area contributed by atoms with Crippen LogP contribution < -0.4 is 5.73 Å². The van der Waals surface area contributed by atoms with E-state index in [-0.39, 0.29) is 6.04 Å². The number of aromatic nitrogens is 3. The van der Waals surface area contributed by atoms with Gasteiger partial charge in [-0.2, -0.15) is 5.10 Å². The van der Waals surface area contributed by atoms with Gasteiger partial charge < -0.3 is 5.73 Å². The van der Waals surface area contributed by atoms with Gasteiger partial charge in [0.25, 0.3) is 0 Å². The highest BCUT2D eigenvalue weighted by molar-refractivity contribution is 6.31. The maximum absolute atomic E-state index is 6.36. The molecular weight excluding hydrogens is 260 g/mol. The van der Waals surface area contributed by atoms with Gasteiger partial charge in [0, 0.05) is 18.6 Å². The smallest absolute Gasteiger partial charge is 0.0837 e. The Labute approximate surface area is 115 Å². The van der Waals surface area contributed by atoms with Gasteiger partial charge in [0.15, 0.2) is 0 Å². The topological polar surface area (TPSA) is 56.7 Å². The Morgan fingerprint density at radius 1 is 1.26 bits per heavy atom. The van der Waals surface area contributed by atoms with E-state index in [0.29, 0.717) is 5.02 Å². The van der Waals surface area contributed by atoms with E-state index in [2.05, 4.69) is 10.1 Å². The second-order valence-corrected chi connectivity index (χ2v) is 4.80. The first-order chi connectivity index (χ1) is 9.18. The lowest BCUT2D eigenvalue weighted by Crippen LogP contribution is -2.16. The molecule has 1 atom stereocenters. The number of nitrogens with two attached hydrogens (primary N) is 1. The number of halogens is 1. The van der Waals surface area contributed by atoms with E-state index in [1.54, 1.807) is 17.1 Å². The van der Waals surface area contributed by atoms with Gasteiger partial charge in [0.2, 0.25) is 0 Å². The summed E-state index contributed by atoms with van der Waals surface area (Å²) >= 11 is 6.16. The average molecular weight is 273 g/mol. The first-order valence-electron chi connectivity index (χ1n) is 5.95. The van der Waals surface area contributed by atoms with Crippen molar-refractivity contribution >= 4 is 22.5 Å². The van der Waals surface area contributed by atoms with Crippen LogP contribution in [0.3, 0.4) is 0 Å². The molecule has 2 N–H and O–H groups in total. The summed E-state index contributed by atoms with van der Waals surface area (Å²) in [5, 5.41) is 5.75.